The van der Waals surface area contributed by atoms with Crippen molar-refractivity contribution in [2.75, 3.05) is 52.5 Å². The van der Waals surface area contributed by atoms with Gasteiger partial charge in [-0.05, 0) is 49.3 Å². The summed E-state index contributed by atoms with van der Waals surface area (Å²) in [5.74, 6) is 0.232. The number of piperidine rings is 1. The van der Waals surface area contributed by atoms with Gasteiger partial charge in [0.1, 0.15) is 12.7 Å². The highest BCUT2D eigenvalue weighted by atomic mass is 35.5. The van der Waals surface area contributed by atoms with Crippen LogP contribution in [0.1, 0.15) is 24.8 Å². The van der Waals surface area contributed by atoms with Crippen LogP contribution in [-0.2, 0) is 16.1 Å². The number of fused-ring (bicyclic) bond motifs is 1. The van der Waals surface area contributed by atoms with E-state index >= 15 is 0 Å². The van der Waals surface area contributed by atoms with E-state index in [2.05, 4.69) is 17.4 Å². The van der Waals surface area contributed by atoms with Crippen molar-refractivity contribution in [3.8, 4) is 0 Å². The second kappa shape index (κ2) is 11.2. The molecule has 0 spiro atoms. The van der Waals surface area contributed by atoms with Gasteiger partial charge in [-0.3, -0.25) is 9.69 Å². The Labute approximate surface area is 204 Å². The van der Waals surface area contributed by atoms with Crippen molar-refractivity contribution in [2.45, 2.75) is 31.7 Å². The van der Waals surface area contributed by atoms with Crippen LogP contribution in [0.2, 0.25) is 5.02 Å². The third-order valence-electron chi connectivity index (χ3n) is 6.82. The standard InChI is InChI=1S/C23H32ClN5O5/c24-19-5-3-17(4-6-19)1-2-18-7-10-26(11-8-18)23(33)34-29-16-28-13-12-27(15-20(28)21(29)31)22(32)25-9-14-30/h3-6,18,20,30H,1-2,7-16H2,(H,25,32). The van der Waals surface area contributed by atoms with Crippen molar-refractivity contribution in [3.05, 3.63) is 34.9 Å². The molecule has 0 bridgehead atoms. The Kier molecular flexibility index (Phi) is 8.12. The molecule has 3 heterocycles. The Morgan fingerprint density at radius 2 is 1.82 bits per heavy atom. The molecule has 4 amide bonds. The van der Waals surface area contributed by atoms with E-state index in [0.717, 1.165) is 35.8 Å². The molecule has 1 aromatic rings. The number of hydroxylamine groups is 2. The molecule has 3 fully saturated rings. The molecule has 3 saturated heterocycles. The number of piperazine rings is 1. The minimum Gasteiger partial charge on any atom is -0.395 e. The number of likely N-dealkylation sites (tertiary alicyclic amines) is 1. The lowest BCUT2D eigenvalue weighted by Crippen LogP contribution is -2.56. The zero-order valence-electron chi connectivity index (χ0n) is 19.2. The molecule has 10 nitrogen and oxygen atoms in total. The van der Waals surface area contributed by atoms with Crippen molar-refractivity contribution in [1.82, 2.24) is 25.1 Å². The third-order valence-corrected chi connectivity index (χ3v) is 7.07. The lowest BCUT2D eigenvalue weighted by Gasteiger charge is -2.35. The number of hydrogen-bond donors (Lipinski definition) is 2. The minimum absolute atomic E-state index is 0.141. The largest absolute Gasteiger partial charge is 0.434 e. The summed E-state index contributed by atoms with van der Waals surface area (Å²) in [4.78, 5) is 48.2. The van der Waals surface area contributed by atoms with Gasteiger partial charge in [0.25, 0.3) is 5.91 Å². The van der Waals surface area contributed by atoms with Crippen molar-refractivity contribution in [2.24, 2.45) is 5.92 Å². The highest BCUT2D eigenvalue weighted by molar-refractivity contribution is 6.30. The van der Waals surface area contributed by atoms with Gasteiger partial charge in [0.15, 0.2) is 0 Å². The van der Waals surface area contributed by atoms with Crippen LogP contribution in [0.4, 0.5) is 9.59 Å². The van der Waals surface area contributed by atoms with E-state index in [1.165, 1.54) is 5.56 Å². The number of nitrogens with zero attached hydrogens (tertiary/aromatic N) is 4. The molecule has 0 radical (unpaired) electrons. The smallest absolute Gasteiger partial charge is 0.395 e. The molecule has 1 atom stereocenters. The number of hydrogen-bond acceptors (Lipinski definition) is 6. The summed E-state index contributed by atoms with van der Waals surface area (Å²) in [5.41, 5.74) is 1.26. The van der Waals surface area contributed by atoms with Gasteiger partial charge < -0.3 is 25.1 Å². The third kappa shape index (κ3) is 5.92. The van der Waals surface area contributed by atoms with Crippen molar-refractivity contribution in [3.63, 3.8) is 0 Å². The number of amides is 4. The van der Waals surface area contributed by atoms with Crippen molar-refractivity contribution in [1.29, 1.82) is 0 Å². The number of rotatable bonds is 6. The summed E-state index contributed by atoms with van der Waals surface area (Å²) in [5, 5.41) is 13.3. The fraction of sp³-hybridized carbons (Fsp3) is 0.609. The van der Waals surface area contributed by atoms with Gasteiger partial charge in [-0.1, -0.05) is 23.7 Å². The first-order chi connectivity index (χ1) is 16.4. The molecule has 0 saturated carbocycles. The number of carbonyl (C=O) groups is 3. The van der Waals surface area contributed by atoms with Crippen LogP contribution in [0.25, 0.3) is 0 Å². The van der Waals surface area contributed by atoms with Crippen LogP contribution < -0.4 is 5.32 Å². The summed E-state index contributed by atoms with van der Waals surface area (Å²) in [7, 11) is 0. The van der Waals surface area contributed by atoms with Crippen molar-refractivity contribution < 1.29 is 24.3 Å². The summed E-state index contributed by atoms with van der Waals surface area (Å²) >= 11 is 5.94. The Balaban J connectivity index is 1.20. The number of nitrogens with one attached hydrogen (secondary N) is 1. The maximum absolute atomic E-state index is 12.8. The van der Waals surface area contributed by atoms with Gasteiger partial charge in [0, 0.05) is 44.3 Å². The number of aliphatic hydroxyl groups excluding tert-OH is 1. The van der Waals surface area contributed by atoms with E-state index in [1.807, 2.05) is 17.0 Å². The van der Waals surface area contributed by atoms with Crippen LogP contribution in [-0.4, -0.2) is 101 Å². The average Bonchev–Trinajstić information content (AvgIpc) is 3.16. The molecular weight excluding hydrogens is 462 g/mol. The topological polar surface area (TPSA) is 106 Å². The fourth-order valence-electron chi connectivity index (χ4n) is 4.74. The predicted molar refractivity (Wildman–Crippen MR) is 125 cm³/mol. The van der Waals surface area contributed by atoms with Gasteiger partial charge >= 0.3 is 12.1 Å². The fourth-order valence-corrected chi connectivity index (χ4v) is 4.86. The molecule has 1 aromatic carbocycles. The van der Waals surface area contributed by atoms with Crippen LogP contribution in [0.3, 0.4) is 0 Å². The molecule has 34 heavy (non-hydrogen) atoms. The predicted octanol–water partition coefficient (Wildman–Crippen LogP) is 1.52. The SMILES string of the molecule is O=C(NCCO)N1CCN2CN(OC(=O)N3CCC(CCc4ccc(Cl)cc4)CC3)C(=O)C2C1. The monoisotopic (exact) mass is 493 g/mol. The second-order valence-corrected chi connectivity index (χ2v) is 9.48. The van der Waals surface area contributed by atoms with Gasteiger partial charge in [0.2, 0.25) is 0 Å². The number of benzene rings is 1. The van der Waals surface area contributed by atoms with Crippen LogP contribution in [0.5, 0.6) is 0 Å². The molecular formula is C23H32ClN5O5. The van der Waals surface area contributed by atoms with Gasteiger partial charge in [0.05, 0.1) is 6.61 Å². The first kappa shape index (κ1) is 24.6. The summed E-state index contributed by atoms with van der Waals surface area (Å²) in [6.45, 7) is 2.65. The van der Waals surface area contributed by atoms with E-state index in [9.17, 15) is 14.4 Å². The van der Waals surface area contributed by atoms with Gasteiger partial charge in [-0.25, -0.2) is 9.59 Å². The highest BCUT2D eigenvalue weighted by Gasteiger charge is 2.45. The Bertz CT molecular complexity index is 877. The molecule has 4 rings (SSSR count). The summed E-state index contributed by atoms with van der Waals surface area (Å²) in [6, 6.07) is 7.08. The number of halogens is 1. The summed E-state index contributed by atoms with van der Waals surface area (Å²) < 4.78 is 0. The lowest BCUT2D eigenvalue weighted by atomic mass is 9.91. The molecule has 1 unspecified atom stereocenters. The first-order valence-corrected chi connectivity index (χ1v) is 12.2. The van der Waals surface area contributed by atoms with E-state index in [1.54, 1.807) is 9.80 Å². The molecule has 3 aliphatic rings. The summed E-state index contributed by atoms with van der Waals surface area (Å²) in [6.07, 6.45) is 3.36. The molecule has 2 N–H and O–H groups in total. The quantitative estimate of drug-likeness (QED) is 0.622. The number of aliphatic hydroxyl groups is 1. The molecule has 186 valence electrons. The van der Waals surface area contributed by atoms with Gasteiger partial charge in [-0.2, -0.15) is 5.06 Å². The second-order valence-electron chi connectivity index (χ2n) is 9.04. The molecule has 3 aliphatic heterocycles. The zero-order valence-corrected chi connectivity index (χ0v) is 20.0. The molecule has 11 heteroatoms. The number of aryl methyl sites for hydroxylation is 1. The van der Waals surface area contributed by atoms with E-state index in [-0.39, 0.29) is 38.3 Å². The zero-order chi connectivity index (χ0) is 24.1. The average molecular weight is 494 g/mol. The van der Waals surface area contributed by atoms with Crippen LogP contribution >= 0.6 is 11.6 Å². The first-order valence-electron chi connectivity index (χ1n) is 11.8. The normalized spacial score (nSPS) is 21.5. The van der Waals surface area contributed by atoms with Crippen LogP contribution in [0, 0.1) is 5.92 Å². The lowest BCUT2D eigenvalue weighted by molar-refractivity contribution is -0.162. The number of carbonyl (C=O) groups excluding carboxylic acids is 3. The molecule has 0 aromatic heterocycles. The number of urea groups is 1. The van der Waals surface area contributed by atoms with E-state index in [4.69, 9.17) is 21.5 Å². The Morgan fingerprint density at radius 1 is 1.09 bits per heavy atom. The molecule has 0 aliphatic carbocycles. The van der Waals surface area contributed by atoms with Crippen molar-refractivity contribution >= 4 is 29.6 Å². The Morgan fingerprint density at radius 3 is 2.53 bits per heavy atom. The van der Waals surface area contributed by atoms with Crippen LogP contribution in [0.15, 0.2) is 24.3 Å². The highest BCUT2D eigenvalue weighted by Crippen LogP contribution is 2.25. The maximum atomic E-state index is 12.8. The minimum atomic E-state index is -0.528. The maximum Gasteiger partial charge on any atom is 0.434 e. The van der Waals surface area contributed by atoms with Gasteiger partial charge in [-0.15, -0.1) is 0 Å². The van der Waals surface area contributed by atoms with E-state index in [0.29, 0.717) is 32.1 Å². The Hall–Kier alpha value is -2.56. The van der Waals surface area contributed by atoms with E-state index < -0.39 is 12.1 Å².